The van der Waals surface area contributed by atoms with Gasteiger partial charge in [-0.2, -0.15) is 0 Å². The molecule has 0 aliphatic rings. The number of hydrogen-bond acceptors (Lipinski definition) is 8. The van der Waals surface area contributed by atoms with Gasteiger partial charge in [-0.25, -0.2) is 0 Å². The predicted octanol–water partition coefficient (Wildman–Crippen LogP) is 1.12. The first-order valence-corrected chi connectivity index (χ1v) is 10.7. The molecule has 0 rings (SSSR count). The van der Waals surface area contributed by atoms with E-state index in [1.807, 2.05) is 0 Å². The zero-order valence-electron chi connectivity index (χ0n) is 18.7. The molecule has 0 fully saturated rings. The number of aliphatic hydroxyl groups is 4. The van der Waals surface area contributed by atoms with Crippen molar-refractivity contribution in [2.75, 3.05) is 52.9 Å². The van der Waals surface area contributed by atoms with Crippen LogP contribution in [-0.4, -0.2) is 97.7 Å². The molecule has 4 N–H and O–H groups in total. The molecule has 0 heterocycles. The molecule has 0 saturated carbocycles. The molecule has 0 amide bonds. The average molecular weight is 425 g/mol. The first-order valence-electron chi connectivity index (χ1n) is 10.7. The lowest BCUT2D eigenvalue weighted by Crippen LogP contribution is -2.43. The molecule has 4 unspecified atom stereocenters. The third-order valence-corrected chi connectivity index (χ3v) is 4.16. The number of unbranched alkanes of at least 4 members (excludes halogenated alkanes) is 2. The van der Waals surface area contributed by atoms with E-state index in [4.69, 9.17) is 18.9 Å². The summed E-state index contributed by atoms with van der Waals surface area (Å²) in [5.74, 6) is 0. The molecule has 176 valence electrons. The molecule has 0 bridgehead atoms. The highest BCUT2D eigenvalue weighted by Crippen LogP contribution is 2.22. The second-order valence-corrected chi connectivity index (χ2v) is 8.26. The second kappa shape index (κ2) is 17.4. The Labute approximate surface area is 176 Å². The van der Waals surface area contributed by atoms with Gasteiger partial charge in [0.25, 0.3) is 0 Å². The molecule has 0 aliphatic carbocycles. The Kier molecular flexibility index (Phi) is 17.2. The fourth-order valence-electron chi connectivity index (χ4n) is 2.71. The van der Waals surface area contributed by atoms with Crippen molar-refractivity contribution in [1.82, 2.24) is 0 Å². The van der Waals surface area contributed by atoms with Gasteiger partial charge in [0.1, 0.15) is 0 Å². The first kappa shape index (κ1) is 28.7. The van der Waals surface area contributed by atoms with E-state index >= 15 is 0 Å². The van der Waals surface area contributed by atoms with Crippen LogP contribution in [0.5, 0.6) is 0 Å². The topological polar surface area (TPSA) is 118 Å². The van der Waals surface area contributed by atoms with Crippen LogP contribution in [0.4, 0.5) is 0 Å². The minimum atomic E-state index is -0.693. The summed E-state index contributed by atoms with van der Waals surface area (Å²) in [7, 11) is 0. The van der Waals surface area contributed by atoms with Crippen molar-refractivity contribution in [3.63, 3.8) is 0 Å². The van der Waals surface area contributed by atoms with Gasteiger partial charge in [0.15, 0.2) is 0 Å². The van der Waals surface area contributed by atoms with Gasteiger partial charge in [-0.1, -0.05) is 26.2 Å². The molecular formula is C21H44O8. The summed E-state index contributed by atoms with van der Waals surface area (Å²) in [5.41, 5.74) is -0.693. The molecule has 0 radical (unpaired) electrons. The maximum absolute atomic E-state index is 10.1. The van der Waals surface area contributed by atoms with E-state index in [9.17, 15) is 20.4 Å². The van der Waals surface area contributed by atoms with Crippen LogP contribution in [0.3, 0.4) is 0 Å². The van der Waals surface area contributed by atoms with Crippen molar-refractivity contribution in [3.8, 4) is 0 Å². The largest absolute Gasteiger partial charge is 0.391 e. The summed E-state index contributed by atoms with van der Waals surface area (Å²) in [6.45, 7) is 8.57. The Balaban J connectivity index is 4.87. The van der Waals surface area contributed by atoms with E-state index in [2.05, 4.69) is 6.92 Å². The van der Waals surface area contributed by atoms with E-state index in [0.29, 0.717) is 6.42 Å². The lowest BCUT2D eigenvalue weighted by Gasteiger charge is -2.33. The Morgan fingerprint density at radius 1 is 0.621 bits per heavy atom. The Morgan fingerprint density at radius 2 is 1.00 bits per heavy atom. The smallest absolute Gasteiger partial charge is 0.0773 e. The van der Waals surface area contributed by atoms with Crippen LogP contribution in [0.2, 0.25) is 0 Å². The third-order valence-electron chi connectivity index (χ3n) is 4.16. The van der Waals surface area contributed by atoms with Crippen LogP contribution in [0.25, 0.3) is 0 Å². The van der Waals surface area contributed by atoms with E-state index < -0.39 is 29.8 Å². The maximum Gasteiger partial charge on any atom is 0.0773 e. The van der Waals surface area contributed by atoms with E-state index in [0.717, 1.165) is 19.3 Å². The Hall–Kier alpha value is -0.320. The van der Waals surface area contributed by atoms with Crippen LogP contribution < -0.4 is 0 Å². The minimum absolute atomic E-state index is 0.161. The highest BCUT2D eigenvalue weighted by Gasteiger charge is 2.33. The fourth-order valence-corrected chi connectivity index (χ4v) is 2.71. The van der Waals surface area contributed by atoms with Crippen molar-refractivity contribution in [3.05, 3.63) is 0 Å². The highest BCUT2D eigenvalue weighted by molar-refractivity contribution is 4.80. The summed E-state index contributed by atoms with van der Waals surface area (Å²) >= 11 is 0. The number of aliphatic hydroxyl groups excluding tert-OH is 4. The van der Waals surface area contributed by atoms with Crippen LogP contribution in [0, 0.1) is 5.41 Å². The SMILES string of the molecule is CCCCCC(O)COCC(COCC(C)O)(COCC(C)O)COCC(C)O. The molecule has 0 spiro atoms. The summed E-state index contributed by atoms with van der Waals surface area (Å²) in [5, 5.41) is 38.5. The number of ether oxygens (including phenoxy) is 4. The number of hydrogen-bond donors (Lipinski definition) is 4. The van der Waals surface area contributed by atoms with Crippen molar-refractivity contribution < 1.29 is 39.4 Å². The van der Waals surface area contributed by atoms with Crippen molar-refractivity contribution >= 4 is 0 Å². The zero-order valence-corrected chi connectivity index (χ0v) is 18.7. The number of rotatable bonds is 20. The normalized spacial score (nSPS) is 18.2. The van der Waals surface area contributed by atoms with Crippen molar-refractivity contribution in [1.29, 1.82) is 0 Å². The molecular weight excluding hydrogens is 380 g/mol. The zero-order chi connectivity index (χ0) is 22.1. The molecule has 0 aromatic carbocycles. The van der Waals surface area contributed by atoms with Gasteiger partial charge < -0.3 is 39.4 Å². The van der Waals surface area contributed by atoms with Gasteiger partial charge >= 0.3 is 0 Å². The van der Waals surface area contributed by atoms with Crippen LogP contribution >= 0.6 is 0 Å². The predicted molar refractivity (Wildman–Crippen MR) is 111 cm³/mol. The van der Waals surface area contributed by atoms with Crippen LogP contribution in [0.1, 0.15) is 53.4 Å². The maximum atomic E-state index is 10.1. The van der Waals surface area contributed by atoms with Crippen molar-refractivity contribution in [2.45, 2.75) is 77.8 Å². The van der Waals surface area contributed by atoms with E-state index in [1.54, 1.807) is 20.8 Å². The summed E-state index contributed by atoms with van der Waals surface area (Å²) < 4.78 is 22.7. The van der Waals surface area contributed by atoms with Crippen LogP contribution in [0.15, 0.2) is 0 Å². The quantitative estimate of drug-likeness (QED) is 0.215. The molecule has 29 heavy (non-hydrogen) atoms. The Bertz CT molecular complexity index is 327. The molecule has 0 aromatic heterocycles. The molecule has 8 heteroatoms. The van der Waals surface area contributed by atoms with Gasteiger partial charge in [-0.15, -0.1) is 0 Å². The Morgan fingerprint density at radius 3 is 1.34 bits per heavy atom. The lowest BCUT2D eigenvalue weighted by molar-refractivity contribution is -0.129. The van der Waals surface area contributed by atoms with Crippen LogP contribution in [-0.2, 0) is 18.9 Å². The summed E-state index contributed by atoms with van der Waals surface area (Å²) in [6, 6.07) is 0. The fraction of sp³-hybridized carbons (Fsp3) is 1.00. The summed E-state index contributed by atoms with van der Waals surface area (Å²) in [4.78, 5) is 0. The van der Waals surface area contributed by atoms with Gasteiger partial charge in [-0.3, -0.25) is 0 Å². The van der Waals surface area contributed by atoms with E-state index in [1.165, 1.54) is 0 Å². The molecule has 0 saturated heterocycles. The standard InChI is InChI=1S/C21H44O8/c1-5-6-7-8-20(25)12-29-16-21(13-26-9-17(2)22,14-27-10-18(3)23)15-28-11-19(4)24/h17-20,22-25H,5-16H2,1-4H3. The molecule has 0 aliphatic heterocycles. The van der Waals surface area contributed by atoms with E-state index in [-0.39, 0.29) is 52.9 Å². The lowest BCUT2D eigenvalue weighted by atomic mass is 9.92. The van der Waals surface area contributed by atoms with Gasteiger partial charge in [-0.05, 0) is 27.2 Å². The monoisotopic (exact) mass is 424 g/mol. The minimum Gasteiger partial charge on any atom is -0.391 e. The third kappa shape index (κ3) is 17.1. The van der Waals surface area contributed by atoms with Gasteiger partial charge in [0.2, 0.25) is 0 Å². The molecule has 4 atom stereocenters. The second-order valence-electron chi connectivity index (χ2n) is 8.26. The molecule has 0 aromatic rings. The average Bonchev–Trinajstić information content (AvgIpc) is 2.61. The highest BCUT2D eigenvalue weighted by atomic mass is 16.5. The molecule has 8 nitrogen and oxygen atoms in total. The first-order chi connectivity index (χ1) is 13.7. The van der Waals surface area contributed by atoms with Gasteiger partial charge in [0.05, 0.1) is 82.7 Å². The van der Waals surface area contributed by atoms with Crippen molar-refractivity contribution in [2.24, 2.45) is 5.41 Å². The summed E-state index contributed by atoms with van der Waals surface area (Å²) in [6.07, 6.45) is 1.47. The van der Waals surface area contributed by atoms with Gasteiger partial charge in [0, 0.05) is 0 Å².